The van der Waals surface area contributed by atoms with Crippen LogP contribution in [0.5, 0.6) is 11.5 Å². The number of carbonyl (C=O) groups excluding carboxylic acids is 1. The van der Waals surface area contributed by atoms with Gasteiger partial charge in [-0.25, -0.2) is 5.43 Å². The van der Waals surface area contributed by atoms with Gasteiger partial charge in [0.2, 0.25) is 0 Å². The van der Waals surface area contributed by atoms with Gasteiger partial charge in [0, 0.05) is 17.1 Å². The topological polar surface area (TPSA) is 59.9 Å². The zero-order valence-corrected chi connectivity index (χ0v) is 18.9. The highest BCUT2D eigenvalue weighted by Crippen LogP contribution is 2.45. The van der Waals surface area contributed by atoms with Gasteiger partial charge in [-0.3, -0.25) is 4.79 Å². The van der Waals surface area contributed by atoms with Crippen molar-refractivity contribution in [1.29, 1.82) is 0 Å². The fourth-order valence-electron chi connectivity index (χ4n) is 3.31. The van der Waals surface area contributed by atoms with Gasteiger partial charge in [-0.1, -0.05) is 42.5 Å². The summed E-state index contributed by atoms with van der Waals surface area (Å²) in [6.07, 6.45) is 1.62. The van der Waals surface area contributed by atoms with Crippen molar-refractivity contribution in [2.45, 2.75) is 11.5 Å². The van der Waals surface area contributed by atoms with Crippen LogP contribution < -0.4 is 14.9 Å². The largest absolute Gasteiger partial charge is 0.493 e. The highest BCUT2D eigenvalue weighted by molar-refractivity contribution is 8.19. The summed E-state index contributed by atoms with van der Waals surface area (Å²) in [5.74, 6) is 3.47. The fourth-order valence-corrected chi connectivity index (χ4v) is 6.17. The number of nitrogens with zero attached hydrogens (tertiary/aromatic N) is 1. The molecule has 160 valence electrons. The van der Waals surface area contributed by atoms with Gasteiger partial charge in [0.05, 0.1) is 17.4 Å². The van der Waals surface area contributed by atoms with Crippen molar-refractivity contribution >= 4 is 46.4 Å². The molecule has 5 nitrogen and oxygen atoms in total. The first kappa shape index (κ1) is 21.6. The molecule has 0 saturated carbocycles. The molecule has 1 amide bonds. The van der Waals surface area contributed by atoms with Crippen molar-refractivity contribution in [3.63, 3.8) is 0 Å². The summed E-state index contributed by atoms with van der Waals surface area (Å²) in [7, 11) is 0. The van der Waals surface area contributed by atoms with Crippen LogP contribution in [0.2, 0.25) is 0 Å². The van der Waals surface area contributed by atoms with E-state index in [1.54, 1.807) is 6.21 Å². The Morgan fingerprint density at radius 2 is 1.84 bits per heavy atom. The number of carbonyl (C=O) groups is 1. The lowest BCUT2D eigenvalue weighted by atomic mass is 10.0. The van der Waals surface area contributed by atoms with Gasteiger partial charge in [0.25, 0.3) is 5.91 Å². The third kappa shape index (κ3) is 5.54. The van der Waals surface area contributed by atoms with Crippen molar-refractivity contribution < 1.29 is 14.3 Å². The SMILES string of the molecule is CCOc1ccc2ccccc2c1/C=N\NC(=O)COc1ccc(C2SCCS2)cc1. The molecule has 1 aliphatic rings. The molecule has 1 heterocycles. The normalized spacial score (nSPS) is 14.2. The zero-order valence-electron chi connectivity index (χ0n) is 17.2. The number of fused-ring (bicyclic) bond motifs is 1. The van der Waals surface area contributed by atoms with E-state index in [4.69, 9.17) is 9.47 Å². The molecule has 0 aromatic heterocycles. The molecule has 1 saturated heterocycles. The number of hydrazone groups is 1. The van der Waals surface area contributed by atoms with Crippen LogP contribution in [0.4, 0.5) is 0 Å². The Kier molecular flexibility index (Phi) is 7.38. The lowest BCUT2D eigenvalue weighted by molar-refractivity contribution is -0.123. The first-order valence-corrected chi connectivity index (χ1v) is 12.3. The van der Waals surface area contributed by atoms with Gasteiger partial charge in [0.1, 0.15) is 11.5 Å². The molecule has 31 heavy (non-hydrogen) atoms. The van der Waals surface area contributed by atoms with E-state index in [-0.39, 0.29) is 12.5 Å². The molecule has 4 rings (SSSR count). The highest BCUT2D eigenvalue weighted by Gasteiger charge is 2.18. The monoisotopic (exact) mass is 452 g/mol. The Balaban J connectivity index is 1.35. The summed E-state index contributed by atoms with van der Waals surface area (Å²) in [6.45, 7) is 2.39. The van der Waals surface area contributed by atoms with Crippen LogP contribution in [0.25, 0.3) is 10.8 Å². The number of hydrogen-bond acceptors (Lipinski definition) is 6. The Hall–Kier alpha value is -2.64. The van der Waals surface area contributed by atoms with E-state index in [9.17, 15) is 4.79 Å². The lowest BCUT2D eigenvalue weighted by Gasteiger charge is -2.10. The molecule has 1 fully saturated rings. The van der Waals surface area contributed by atoms with E-state index < -0.39 is 0 Å². The standard InChI is InChI=1S/C24H24N2O3S2/c1-2-28-22-12-9-17-5-3-4-6-20(17)21(22)15-25-26-23(27)16-29-19-10-7-18(8-11-19)24-30-13-14-31-24/h3-12,15,24H,2,13-14,16H2,1H3,(H,26,27)/b25-15-. The Labute approximate surface area is 190 Å². The number of thioether (sulfide) groups is 2. The predicted octanol–water partition coefficient (Wildman–Crippen LogP) is 5.25. The number of benzene rings is 3. The zero-order chi connectivity index (χ0) is 21.5. The smallest absolute Gasteiger partial charge is 0.277 e. The van der Waals surface area contributed by atoms with Crippen LogP contribution in [0.3, 0.4) is 0 Å². The maximum Gasteiger partial charge on any atom is 0.277 e. The minimum absolute atomic E-state index is 0.0997. The number of hydrogen-bond donors (Lipinski definition) is 1. The Morgan fingerprint density at radius 3 is 2.61 bits per heavy atom. The number of nitrogens with one attached hydrogen (secondary N) is 1. The summed E-state index contributed by atoms with van der Waals surface area (Å²) in [4.78, 5) is 12.2. The molecule has 3 aromatic rings. The number of rotatable bonds is 8. The maximum absolute atomic E-state index is 12.2. The van der Waals surface area contributed by atoms with Crippen molar-refractivity contribution in [3.05, 3.63) is 71.8 Å². The average Bonchev–Trinajstić information content (AvgIpc) is 3.34. The van der Waals surface area contributed by atoms with E-state index >= 15 is 0 Å². The Bertz CT molecular complexity index is 1060. The van der Waals surface area contributed by atoms with Crippen LogP contribution >= 0.6 is 23.5 Å². The minimum Gasteiger partial charge on any atom is -0.493 e. The van der Waals surface area contributed by atoms with Gasteiger partial charge in [-0.05, 0) is 41.5 Å². The third-order valence-corrected chi connectivity index (χ3v) is 7.86. The highest BCUT2D eigenvalue weighted by atomic mass is 32.2. The molecule has 7 heteroatoms. The van der Waals surface area contributed by atoms with E-state index in [2.05, 4.69) is 22.7 Å². The van der Waals surface area contributed by atoms with Gasteiger partial charge in [0.15, 0.2) is 6.61 Å². The molecule has 1 aliphatic heterocycles. The fraction of sp³-hybridized carbons (Fsp3) is 0.250. The third-order valence-electron chi connectivity index (χ3n) is 4.76. The van der Waals surface area contributed by atoms with Crippen LogP contribution in [-0.2, 0) is 4.79 Å². The van der Waals surface area contributed by atoms with Crippen LogP contribution in [0, 0.1) is 0 Å². The first-order chi connectivity index (χ1) is 15.2. The average molecular weight is 453 g/mol. The predicted molar refractivity (Wildman–Crippen MR) is 130 cm³/mol. The second-order valence-electron chi connectivity index (χ2n) is 6.86. The van der Waals surface area contributed by atoms with Gasteiger partial charge >= 0.3 is 0 Å². The van der Waals surface area contributed by atoms with Crippen LogP contribution in [0.1, 0.15) is 22.6 Å². The van der Waals surface area contributed by atoms with E-state index in [1.165, 1.54) is 17.1 Å². The van der Waals surface area contributed by atoms with E-state index in [0.717, 1.165) is 22.1 Å². The van der Waals surface area contributed by atoms with Crippen LogP contribution in [0.15, 0.2) is 65.8 Å². The quantitative estimate of drug-likeness (QED) is 0.374. The maximum atomic E-state index is 12.2. The first-order valence-electron chi connectivity index (χ1n) is 10.2. The molecular formula is C24H24N2O3S2. The summed E-state index contributed by atoms with van der Waals surface area (Å²) in [5, 5.41) is 6.22. The van der Waals surface area contributed by atoms with Crippen molar-refractivity contribution in [3.8, 4) is 11.5 Å². The van der Waals surface area contributed by atoms with Crippen molar-refractivity contribution in [2.24, 2.45) is 5.10 Å². The molecule has 0 aliphatic carbocycles. The summed E-state index contributed by atoms with van der Waals surface area (Å²) < 4.78 is 11.8. The molecule has 3 aromatic carbocycles. The van der Waals surface area contributed by atoms with Crippen molar-refractivity contribution in [2.75, 3.05) is 24.7 Å². The minimum atomic E-state index is -0.319. The summed E-state index contributed by atoms with van der Waals surface area (Å²) in [5.41, 5.74) is 4.65. The lowest BCUT2D eigenvalue weighted by Crippen LogP contribution is -2.24. The number of ether oxygens (including phenoxy) is 2. The van der Waals surface area contributed by atoms with E-state index in [0.29, 0.717) is 16.9 Å². The number of amides is 1. The molecule has 0 radical (unpaired) electrons. The van der Waals surface area contributed by atoms with Crippen LogP contribution in [-0.4, -0.2) is 36.8 Å². The van der Waals surface area contributed by atoms with Crippen molar-refractivity contribution in [1.82, 2.24) is 5.43 Å². The molecule has 0 spiro atoms. The summed E-state index contributed by atoms with van der Waals surface area (Å²) in [6, 6.07) is 19.9. The molecule has 0 atom stereocenters. The molecule has 0 bridgehead atoms. The summed E-state index contributed by atoms with van der Waals surface area (Å²) >= 11 is 3.93. The van der Waals surface area contributed by atoms with Gasteiger partial charge in [-0.15, -0.1) is 23.5 Å². The second-order valence-corrected chi connectivity index (χ2v) is 9.58. The molecule has 1 N–H and O–H groups in total. The molecular weight excluding hydrogens is 428 g/mol. The second kappa shape index (κ2) is 10.6. The molecule has 0 unspecified atom stereocenters. The Morgan fingerprint density at radius 1 is 1.06 bits per heavy atom. The van der Waals surface area contributed by atoms with E-state index in [1.807, 2.05) is 79.0 Å². The van der Waals surface area contributed by atoms with Gasteiger partial charge in [-0.2, -0.15) is 5.10 Å². The van der Waals surface area contributed by atoms with Gasteiger partial charge < -0.3 is 9.47 Å².